The summed E-state index contributed by atoms with van der Waals surface area (Å²) in [5, 5.41) is 0.602. The fourth-order valence-electron chi connectivity index (χ4n) is 3.14. The molecule has 1 fully saturated rings. The Morgan fingerprint density at radius 3 is 2.73 bits per heavy atom. The lowest BCUT2D eigenvalue weighted by Crippen LogP contribution is -2.33. The number of ether oxygens (including phenoxy) is 2. The molecule has 1 aliphatic carbocycles. The van der Waals surface area contributed by atoms with Crippen LogP contribution in [0.2, 0.25) is 0 Å². The standard InChI is InChI=1S/C19H20N2O4S/c1-5-14-17(10-20-2)25-19(26)21(14)18(22)13-9-12(13)11-6-7-15(23-3)16(8-11)24-4/h5-8,10,12-13H,2,9H2,1,3-4H3/b14-5+,17-10+. The first-order valence-electron chi connectivity index (χ1n) is 8.16. The molecule has 0 bridgehead atoms. The van der Waals surface area contributed by atoms with Gasteiger partial charge < -0.3 is 13.9 Å². The van der Waals surface area contributed by atoms with E-state index in [0.717, 1.165) is 12.0 Å². The number of rotatable bonds is 5. The quantitative estimate of drug-likeness (QED) is 0.596. The molecule has 1 saturated carbocycles. The largest absolute Gasteiger partial charge is 0.493 e. The predicted octanol–water partition coefficient (Wildman–Crippen LogP) is 2.51. The molecular weight excluding hydrogens is 352 g/mol. The van der Waals surface area contributed by atoms with Gasteiger partial charge in [-0.25, -0.2) is 4.57 Å². The van der Waals surface area contributed by atoms with Crippen molar-refractivity contribution < 1.29 is 18.7 Å². The Hall–Kier alpha value is -2.67. The zero-order chi connectivity index (χ0) is 18.8. The molecule has 2 atom stereocenters. The number of hydrogen-bond donors (Lipinski definition) is 0. The van der Waals surface area contributed by atoms with Gasteiger partial charge in [0.05, 0.1) is 25.8 Å². The van der Waals surface area contributed by atoms with Gasteiger partial charge >= 0.3 is 0 Å². The Labute approximate surface area is 156 Å². The van der Waals surface area contributed by atoms with Crippen molar-refractivity contribution in [3.05, 3.63) is 39.4 Å². The normalized spacial score (nSPS) is 20.1. The first-order chi connectivity index (χ1) is 12.5. The molecule has 1 aliphatic rings. The van der Waals surface area contributed by atoms with Gasteiger partial charge in [-0.3, -0.25) is 9.79 Å². The third kappa shape index (κ3) is 3.10. The number of carbonyl (C=O) groups excluding carboxylic acids is 1. The Kier molecular flexibility index (Phi) is 5.08. The Morgan fingerprint density at radius 1 is 1.38 bits per heavy atom. The molecule has 2 aromatic rings. The highest BCUT2D eigenvalue weighted by molar-refractivity contribution is 7.71. The Bertz CT molecular complexity index is 1030. The smallest absolute Gasteiger partial charge is 0.276 e. The van der Waals surface area contributed by atoms with E-state index in [4.69, 9.17) is 26.1 Å². The number of hydrogen-bond acceptors (Lipinski definition) is 6. The van der Waals surface area contributed by atoms with Crippen LogP contribution in [0.25, 0.3) is 12.3 Å². The summed E-state index contributed by atoms with van der Waals surface area (Å²) < 4.78 is 17.5. The maximum atomic E-state index is 13.0. The van der Waals surface area contributed by atoms with Crippen LogP contribution in [-0.4, -0.2) is 31.4 Å². The average molecular weight is 372 g/mol. The summed E-state index contributed by atoms with van der Waals surface area (Å²) in [6, 6.07) is 5.73. The summed E-state index contributed by atoms with van der Waals surface area (Å²) in [5.74, 6) is 1.21. The minimum absolute atomic E-state index is 0.0738. The van der Waals surface area contributed by atoms with Crippen molar-refractivity contribution in [2.45, 2.75) is 19.3 Å². The van der Waals surface area contributed by atoms with Crippen molar-refractivity contribution in [1.82, 2.24) is 4.57 Å². The molecule has 2 unspecified atom stereocenters. The molecule has 7 heteroatoms. The molecule has 3 rings (SSSR count). The van der Waals surface area contributed by atoms with Crippen molar-refractivity contribution in [1.29, 1.82) is 0 Å². The number of aromatic nitrogens is 1. The minimum Gasteiger partial charge on any atom is -0.493 e. The molecule has 0 saturated heterocycles. The molecule has 0 spiro atoms. The second-order valence-corrected chi connectivity index (χ2v) is 6.30. The third-order valence-corrected chi connectivity index (χ3v) is 4.78. The molecule has 6 nitrogen and oxygen atoms in total. The zero-order valence-electron chi connectivity index (χ0n) is 14.9. The van der Waals surface area contributed by atoms with Crippen LogP contribution in [0.1, 0.15) is 29.6 Å². The summed E-state index contributed by atoms with van der Waals surface area (Å²) >= 11 is 5.23. The van der Waals surface area contributed by atoms with E-state index in [1.807, 2.05) is 25.1 Å². The van der Waals surface area contributed by atoms with Gasteiger partial charge in [0.1, 0.15) is 0 Å². The van der Waals surface area contributed by atoms with Crippen molar-refractivity contribution in [3.63, 3.8) is 0 Å². The van der Waals surface area contributed by atoms with Crippen molar-refractivity contribution in [2.75, 3.05) is 14.2 Å². The van der Waals surface area contributed by atoms with Crippen LogP contribution in [0.4, 0.5) is 0 Å². The van der Waals surface area contributed by atoms with Gasteiger partial charge in [0, 0.05) is 5.92 Å². The Morgan fingerprint density at radius 2 is 2.12 bits per heavy atom. The number of nitrogens with zero attached hydrogens (tertiary/aromatic N) is 2. The van der Waals surface area contributed by atoms with Gasteiger partial charge in [0.25, 0.3) is 4.84 Å². The number of benzene rings is 1. The van der Waals surface area contributed by atoms with E-state index in [-0.39, 0.29) is 22.6 Å². The maximum absolute atomic E-state index is 13.0. The van der Waals surface area contributed by atoms with Gasteiger partial charge in [-0.1, -0.05) is 12.1 Å². The number of carbonyl (C=O) groups is 1. The molecule has 0 amide bonds. The van der Waals surface area contributed by atoms with E-state index in [1.54, 1.807) is 20.3 Å². The third-order valence-electron chi connectivity index (χ3n) is 4.52. The molecule has 0 aliphatic heterocycles. The monoisotopic (exact) mass is 372 g/mol. The second-order valence-electron chi connectivity index (χ2n) is 5.95. The van der Waals surface area contributed by atoms with Crippen LogP contribution < -0.4 is 20.2 Å². The number of methoxy groups -OCH3 is 2. The molecule has 0 N–H and O–H groups in total. The second kappa shape index (κ2) is 7.29. The number of aliphatic imine (C=N–C) groups is 1. The van der Waals surface area contributed by atoms with Crippen LogP contribution in [-0.2, 0) is 0 Å². The highest BCUT2D eigenvalue weighted by atomic mass is 32.1. The van der Waals surface area contributed by atoms with E-state index >= 15 is 0 Å². The van der Waals surface area contributed by atoms with Crippen LogP contribution >= 0.6 is 12.2 Å². The highest BCUT2D eigenvalue weighted by Crippen LogP contribution is 2.49. The molecule has 136 valence electrons. The molecular formula is C19H20N2O4S. The fraction of sp³-hybridized carbons (Fsp3) is 0.316. The van der Waals surface area contributed by atoms with Crippen molar-refractivity contribution >= 4 is 37.1 Å². The van der Waals surface area contributed by atoms with Crippen LogP contribution in [0, 0.1) is 10.8 Å². The topological polar surface area (TPSA) is 66.0 Å². The minimum atomic E-state index is -0.152. The molecule has 0 radical (unpaired) electrons. The van der Waals surface area contributed by atoms with Crippen molar-refractivity contribution in [3.8, 4) is 11.5 Å². The van der Waals surface area contributed by atoms with Crippen molar-refractivity contribution in [2.24, 2.45) is 10.9 Å². The molecule has 26 heavy (non-hydrogen) atoms. The van der Waals surface area contributed by atoms with Gasteiger partial charge in [0.15, 0.2) is 16.9 Å². The van der Waals surface area contributed by atoms with E-state index in [1.165, 1.54) is 10.8 Å². The summed E-state index contributed by atoms with van der Waals surface area (Å²) in [6.45, 7) is 5.24. The summed E-state index contributed by atoms with van der Waals surface area (Å²) in [7, 11) is 3.19. The lowest BCUT2D eigenvalue weighted by Gasteiger charge is -2.09. The lowest BCUT2D eigenvalue weighted by atomic mass is 10.1. The highest BCUT2D eigenvalue weighted by Gasteiger charge is 2.45. The van der Waals surface area contributed by atoms with Gasteiger partial charge in [0.2, 0.25) is 5.91 Å². The maximum Gasteiger partial charge on any atom is 0.276 e. The van der Waals surface area contributed by atoms with E-state index < -0.39 is 0 Å². The fourth-order valence-corrected chi connectivity index (χ4v) is 3.42. The summed E-state index contributed by atoms with van der Waals surface area (Å²) in [4.78, 5) is 16.8. The van der Waals surface area contributed by atoms with Gasteiger partial charge in [-0.15, -0.1) is 0 Å². The van der Waals surface area contributed by atoms with E-state index in [0.29, 0.717) is 22.3 Å². The Balaban J connectivity index is 1.93. The molecule has 1 aromatic carbocycles. The van der Waals surface area contributed by atoms with E-state index in [9.17, 15) is 4.79 Å². The first-order valence-corrected chi connectivity index (χ1v) is 8.56. The summed E-state index contributed by atoms with van der Waals surface area (Å²) in [5.41, 5.74) is 1.47. The summed E-state index contributed by atoms with van der Waals surface area (Å²) in [6.07, 6.45) is 3.98. The van der Waals surface area contributed by atoms with Crippen LogP contribution in [0.15, 0.2) is 27.6 Å². The lowest BCUT2D eigenvalue weighted by molar-refractivity contribution is 0.0875. The predicted molar refractivity (Wildman–Crippen MR) is 102 cm³/mol. The van der Waals surface area contributed by atoms with Crippen LogP contribution in [0.3, 0.4) is 0 Å². The molecule has 1 aromatic heterocycles. The van der Waals surface area contributed by atoms with Gasteiger partial charge in [-0.05, 0) is 55.9 Å². The van der Waals surface area contributed by atoms with E-state index in [2.05, 4.69) is 11.7 Å². The average Bonchev–Trinajstić information content (AvgIpc) is 3.39. The van der Waals surface area contributed by atoms with Crippen LogP contribution in [0.5, 0.6) is 11.5 Å². The first kappa shape index (κ1) is 18.1. The van der Waals surface area contributed by atoms with Gasteiger partial charge in [-0.2, -0.15) is 0 Å². The zero-order valence-corrected chi connectivity index (χ0v) is 15.7. The molecule has 1 heterocycles. The SMILES string of the molecule is C=N/C=c1/oc(=S)n(C(=O)C2CC2c2ccc(OC)c(OC)c2)/c1=C/C. The number of oxazole rings is 1.